The van der Waals surface area contributed by atoms with E-state index < -0.39 is 0 Å². The Bertz CT molecular complexity index is 4260. The lowest BCUT2D eigenvalue weighted by Crippen LogP contribution is -2.09. The first-order chi connectivity index (χ1) is 36.2. The summed E-state index contributed by atoms with van der Waals surface area (Å²) in [6, 6.07) is 101. The smallest absolute Gasteiger partial charge is 0.143 e. The topological polar surface area (TPSA) is 21.3 Å². The zero-order chi connectivity index (χ0) is 48.2. The van der Waals surface area contributed by atoms with Crippen molar-refractivity contribution in [3.05, 3.63) is 279 Å². The van der Waals surface area contributed by atoms with Crippen LogP contribution in [0.3, 0.4) is 0 Å². The summed E-state index contributed by atoms with van der Waals surface area (Å²) in [7, 11) is 0. The van der Waals surface area contributed by atoms with E-state index in [-0.39, 0.29) is 0 Å². The summed E-state index contributed by atoms with van der Waals surface area (Å²) in [6.45, 7) is 0. The Balaban J connectivity index is 0.812. The molecule has 2 heterocycles. The average molecular weight is 931 g/mol. The third-order valence-corrected chi connectivity index (χ3v) is 14.6. The van der Waals surface area contributed by atoms with Crippen molar-refractivity contribution in [1.82, 2.24) is 4.57 Å². The van der Waals surface area contributed by atoms with E-state index in [2.05, 4.69) is 289 Å². The Morgan fingerprint density at radius 3 is 1.29 bits per heavy atom. The number of para-hydroxylation sites is 3. The second-order valence-corrected chi connectivity index (χ2v) is 18.8. The van der Waals surface area contributed by atoms with Crippen LogP contribution < -0.4 is 4.90 Å². The molecule has 14 aromatic rings. The normalized spacial score (nSPS) is 11.6. The molecule has 3 nitrogen and oxygen atoms in total. The Labute approximate surface area is 423 Å². The summed E-state index contributed by atoms with van der Waals surface area (Å²) in [6.07, 6.45) is 0. The van der Waals surface area contributed by atoms with E-state index >= 15 is 0 Å². The molecule has 0 radical (unpaired) electrons. The van der Waals surface area contributed by atoms with Gasteiger partial charge in [0.2, 0.25) is 0 Å². The Kier molecular flexibility index (Phi) is 10.2. The summed E-state index contributed by atoms with van der Waals surface area (Å²) in [5, 5.41) is 7.21. The summed E-state index contributed by atoms with van der Waals surface area (Å²) in [4.78, 5) is 2.34. The van der Waals surface area contributed by atoms with Gasteiger partial charge in [0, 0.05) is 55.9 Å². The summed E-state index contributed by atoms with van der Waals surface area (Å²) < 4.78 is 9.18. The summed E-state index contributed by atoms with van der Waals surface area (Å²) in [5.41, 5.74) is 20.2. The number of anilines is 3. The van der Waals surface area contributed by atoms with E-state index in [4.69, 9.17) is 4.42 Å². The minimum atomic E-state index is 0.847. The lowest BCUT2D eigenvalue weighted by Gasteiger charge is -2.26. The third-order valence-electron chi connectivity index (χ3n) is 14.6. The number of benzene rings is 12. The molecule has 0 unspecified atom stereocenters. The highest BCUT2D eigenvalue weighted by molar-refractivity contribution is 6.11. The SMILES string of the molecule is c1ccc(-c2cccc3c2oc2cc(N(c4ccc(-c5ccc(-c6ccc(-n7c8ccccc8c8ccccc87)cc6)cc5)cc4)c4ccc(-c5cccc6cccc(-c7ccccc7)c56)cc4)ccc23)cc1. The molecule has 0 saturated heterocycles. The highest BCUT2D eigenvalue weighted by Gasteiger charge is 2.19. The van der Waals surface area contributed by atoms with Gasteiger partial charge in [0.1, 0.15) is 11.2 Å². The lowest BCUT2D eigenvalue weighted by molar-refractivity contribution is 0.670. The fourth-order valence-corrected chi connectivity index (χ4v) is 11.1. The van der Waals surface area contributed by atoms with Gasteiger partial charge in [-0.1, -0.05) is 212 Å². The Morgan fingerprint density at radius 2 is 0.712 bits per heavy atom. The van der Waals surface area contributed by atoms with Gasteiger partial charge >= 0.3 is 0 Å². The average Bonchev–Trinajstić information content (AvgIpc) is 4.02. The van der Waals surface area contributed by atoms with Gasteiger partial charge in [-0.2, -0.15) is 0 Å². The highest BCUT2D eigenvalue weighted by Crippen LogP contribution is 2.43. The molecule has 0 aliphatic rings. The molecule has 12 aromatic carbocycles. The number of furan rings is 1. The van der Waals surface area contributed by atoms with Crippen molar-refractivity contribution < 1.29 is 4.42 Å². The van der Waals surface area contributed by atoms with Crippen LogP contribution in [0.1, 0.15) is 0 Å². The Morgan fingerprint density at radius 1 is 0.288 bits per heavy atom. The van der Waals surface area contributed by atoms with E-state index in [9.17, 15) is 0 Å². The monoisotopic (exact) mass is 930 g/mol. The molecule has 0 N–H and O–H groups in total. The molecule has 73 heavy (non-hydrogen) atoms. The van der Waals surface area contributed by atoms with Crippen LogP contribution >= 0.6 is 0 Å². The van der Waals surface area contributed by atoms with Crippen molar-refractivity contribution in [3.8, 4) is 61.3 Å². The molecule has 0 amide bonds. The lowest BCUT2D eigenvalue weighted by atomic mass is 9.91. The van der Waals surface area contributed by atoms with Gasteiger partial charge in [-0.25, -0.2) is 0 Å². The number of hydrogen-bond donors (Lipinski definition) is 0. The number of nitrogens with zero attached hydrogens (tertiary/aromatic N) is 2. The predicted octanol–water partition coefficient (Wildman–Crippen LogP) is 19.6. The van der Waals surface area contributed by atoms with Gasteiger partial charge in [-0.15, -0.1) is 0 Å². The number of hydrogen-bond acceptors (Lipinski definition) is 2. The second-order valence-electron chi connectivity index (χ2n) is 18.8. The maximum absolute atomic E-state index is 6.81. The summed E-state index contributed by atoms with van der Waals surface area (Å²) >= 11 is 0. The van der Waals surface area contributed by atoms with Gasteiger partial charge in [-0.05, 0) is 122 Å². The zero-order valence-corrected chi connectivity index (χ0v) is 39.9. The van der Waals surface area contributed by atoms with Gasteiger partial charge in [0.25, 0.3) is 0 Å². The zero-order valence-electron chi connectivity index (χ0n) is 39.9. The minimum absolute atomic E-state index is 0.847. The maximum Gasteiger partial charge on any atom is 0.143 e. The van der Waals surface area contributed by atoms with Gasteiger partial charge < -0.3 is 13.9 Å². The fraction of sp³-hybridized carbons (Fsp3) is 0. The number of rotatable bonds is 9. The molecule has 0 atom stereocenters. The van der Waals surface area contributed by atoms with E-state index in [1.807, 2.05) is 0 Å². The van der Waals surface area contributed by atoms with Crippen molar-refractivity contribution in [2.24, 2.45) is 0 Å². The van der Waals surface area contributed by atoms with Crippen molar-refractivity contribution in [1.29, 1.82) is 0 Å². The van der Waals surface area contributed by atoms with E-state index in [1.54, 1.807) is 0 Å². The minimum Gasteiger partial charge on any atom is -0.455 e. The fourth-order valence-electron chi connectivity index (χ4n) is 11.1. The van der Waals surface area contributed by atoms with Gasteiger partial charge in [-0.3, -0.25) is 0 Å². The number of fused-ring (bicyclic) bond motifs is 7. The molecular formula is C70H46N2O. The van der Waals surface area contributed by atoms with Crippen molar-refractivity contribution in [3.63, 3.8) is 0 Å². The van der Waals surface area contributed by atoms with E-state index in [0.717, 1.165) is 72.5 Å². The van der Waals surface area contributed by atoms with Crippen molar-refractivity contribution in [2.45, 2.75) is 0 Å². The first-order valence-electron chi connectivity index (χ1n) is 25.0. The van der Waals surface area contributed by atoms with Crippen LogP contribution in [0.5, 0.6) is 0 Å². The first-order valence-corrected chi connectivity index (χ1v) is 25.0. The molecule has 3 heteroatoms. The van der Waals surface area contributed by atoms with Crippen molar-refractivity contribution in [2.75, 3.05) is 4.90 Å². The van der Waals surface area contributed by atoms with Crippen LogP contribution in [0.2, 0.25) is 0 Å². The standard InChI is InChI=1S/C70H46N2O/c1-3-14-51(15-4-1)59-22-11-18-54-19-12-23-60(69(54)59)53-36-42-56(43-37-53)71(58-44-45-64-65-25-13-24-61(52-16-5-2-6-17-52)70(65)73-68(64)46-58)55-38-32-49(33-39-55)47-28-30-48(31-29-47)50-34-40-57(41-35-50)72-66-26-9-7-20-62(66)63-21-8-10-27-67(63)72/h1-46H. The highest BCUT2D eigenvalue weighted by atomic mass is 16.3. The molecule has 0 bridgehead atoms. The van der Waals surface area contributed by atoms with Gasteiger partial charge in [0.05, 0.1) is 11.0 Å². The van der Waals surface area contributed by atoms with Crippen LogP contribution in [0, 0.1) is 0 Å². The van der Waals surface area contributed by atoms with E-state index in [1.165, 1.54) is 60.4 Å². The Hall–Kier alpha value is -9.70. The quantitative estimate of drug-likeness (QED) is 0.144. The van der Waals surface area contributed by atoms with E-state index in [0.29, 0.717) is 0 Å². The van der Waals surface area contributed by atoms with Crippen LogP contribution in [0.25, 0.3) is 116 Å². The molecule has 2 aromatic heterocycles. The maximum atomic E-state index is 6.81. The molecule has 0 aliphatic carbocycles. The molecule has 342 valence electrons. The molecular weight excluding hydrogens is 885 g/mol. The van der Waals surface area contributed by atoms with Crippen LogP contribution in [-0.2, 0) is 0 Å². The second kappa shape index (κ2) is 17.6. The van der Waals surface area contributed by atoms with Crippen molar-refractivity contribution >= 4 is 71.6 Å². The largest absolute Gasteiger partial charge is 0.455 e. The molecule has 0 fully saturated rings. The molecule has 0 saturated carbocycles. The summed E-state index contributed by atoms with van der Waals surface area (Å²) in [5.74, 6) is 0. The number of aromatic nitrogens is 1. The molecule has 0 aliphatic heterocycles. The van der Waals surface area contributed by atoms with Crippen LogP contribution in [0.4, 0.5) is 17.1 Å². The molecule has 0 spiro atoms. The van der Waals surface area contributed by atoms with Crippen LogP contribution in [-0.4, -0.2) is 4.57 Å². The van der Waals surface area contributed by atoms with Gasteiger partial charge in [0.15, 0.2) is 0 Å². The first kappa shape index (κ1) is 42.2. The molecule has 14 rings (SSSR count). The predicted molar refractivity (Wildman–Crippen MR) is 307 cm³/mol. The third kappa shape index (κ3) is 7.37. The van der Waals surface area contributed by atoms with Crippen LogP contribution in [0.15, 0.2) is 283 Å².